The lowest BCUT2D eigenvalue weighted by Gasteiger charge is -2.48. The smallest absolute Gasteiger partial charge is 0.306 e. The van der Waals surface area contributed by atoms with Gasteiger partial charge in [-0.05, 0) is 36.8 Å². The SMILES string of the molecule is CCCCCC(=O)OCC1=C[C@@H]2C(=O)[C@]3(C=C(C)[C@H](O)[C@@]3(O)[C@@H]1O)[C@H](C)C[C@]1(OC(C)=O)[C@H]2C1(C)C. The first-order chi connectivity index (χ1) is 16.7. The zero-order chi connectivity index (χ0) is 26.8. The van der Waals surface area contributed by atoms with Gasteiger partial charge in [0.05, 0.1) is 5.41 Å². The summed E-state index contributed by atoms with van der Waals surface area (Å²) in [5, 5.41) is 34.8. The fraction of sp³-hybridized carbons (Fsp3) is 0.750. The molecule has 3 N–H and O–H groups in total. The Morgan fingerprint density at radius 1 is 1.17 bits per heavy atom. The molecule has 2 fully saturated rings. The fourth-order valence-corrected chi connectivity index (χ4v) is 7.73. The maximum atomic E-state index is 14.4. The number of Topliss-reactive ketones (excluding diaryl/α,β-unsaturated/α-hetero) is 1. The zero-order valence-corrected chi connectivity index (χ0v) is 22.2. The molecule has 0 unspecified atom stereocenters. The highest BCUT2D eigenvalue weighted by Crippen LogP contribution is 2.75. The molecule has 4 aliphatic rings. The van der Waals surface area contributed by atoms with Gasteiger partial charge >= 0.3 is 11.9 Å². The predicted octanol–water partition coefficient (Wildman–Crippen LogP) is 2.63. The molecule has 0 aromatic heterocycles. The summed E-state index contributed by atoms with van der Waals surface area (Å²) in [6, 6.07) is 0. The lowest BCUT2D eigenvalue weighted by Crippen LogP contribution is -2.65. The van der Waals surface area contributed by atoms with Gasteiger partial charge in [-0.25, -0.2) is 0 Å². The number of rotatable bonds is 7. The number of unbranched alkanes of at least 4 members (excludes halogenated alkanes) is 2. The summed E-state index contributed by atoms with van der Waals surface area (Å²) in [5.74, 6) is -2.95. The van der Waals surface area contributed by atoms with Crippen molar-refractivity contribution in [1.82, 2.24) is 0 Å². The van der Waals surface area contributed by atoms with E-state index < -0.39 is 58.0 Å². The van der Waals surface area contributed by atoms with E-state index in [0.29, 0.717) is 18.4 Å². The van der Waals surface area contributed by atoms with Crippen LogP contribution in [-0.2, 0) is 23.9 Å². The number of aliphatic hydroxyl groups excluding tert-OH is 2. The van der Waals surface area contributed by atoms with Crippen molar-refractivity contribution >= 4 is 17.7 Å². The summed E-state index contributed by atoms with van der Waals surface area (Å²) in [7, 11) is 0. The van der Waals surface area contributed by atoms with Crippen LogP contribution in [0.1, 0.15) is 73.6 Å². The van der Waals surface area contributed by atoms with Gasteiger partial charge in [-0.2, -0.15) is 0 Å². The van der Waals surface area contributed by atoms with Crippen LogP contribution in [0.2, 0.25) is 0 Å². The van der Waals surface area contributed by atoms with Crippen molar-refractivity contribution in [1.29, 1.82) is 0 Å². The van der Waals surface area contributed by atoms with Crippen LogP contribution in [0.25, 0.3) is 0 Å². The Kier molecular flexibility index (Phi) is 6.59. The quantitative estimate of drug-likeness (QED) is 0.274. The van der Waals surface area contributed by atoms with Gasteiger partial charge in [0.1, 0.15) is 30.0 Å². The number of carbonyl (C=O) groups is 3. The Labute approximate surface area is 212 Å². The number of ether oxygens (including phenoxy) is 2. The van der Waals surface area contributed by atoms with Gasteiger partial charge in [0.25, 0.3) is 0 Å². The molecule has 0 saturated heterocycles. The molecule has 8 nitrogen and oxygen atoms in total. The van der Waals surface area contributed by atoms with E-state index in [1.54, 1.807) is 26.0 Å². The molecule has 2 saturated carbocycles. The summed E-state index contributed by atoms with van der Waals surface area (Å²) >= 11 is 0. The van der Waals surface area contributed by atoms with Gasteiger partial charge < -0.3 is 24.8 Å². The zero-order valence-electron chi connectivity index (χ0n) is 22.2. The van der Waals surface area contributed by atoms with Crippen LogP contribution in [0.15, 0.2) is 23.3 Å². The summed E-state index contributed by atoms with van der Waals surface area (Å²) in [6.07, 6.45) is 3.14. The number of hydrogen-bond acceptors (Lipinski definition) is 8. The molecule has 200 valence electrons. The maximum Gasteiger partial charge on any atom is 0.306 e. The van der Waals surface area contributed by atoms with E-state index in [1.165, 1.54) is 6.92 Å². The van der Waals surface area contributed by atoms with E-state index in [9.17, 15) is 29.7 Å². The van der Waals surface area contributed by atoms with Crippen molar-refractivity contribution in [3.05, 3.63) is 23.3 Å². The molecule has 0 aromatic rings. The van der Waals surface area contributed by atoms with Gasteiger partial charge in [0.15, 0.2) is 5.78 Å². The molecule has 0 radical (unpaired) electrons. The minimum atomic E-state index is -2.25. The third-order valence-corrected chi connectivity index (χ3v) is 9.58. The Balaban J connectivity index is 1.81. The van der Waals surface area contributed by atoms with Gasteiger partial charge in [-0.15, -0.1) is 0 Å². The highest BCUT2D eigenvalue weighted by atomic mass is 16.6. The summed E-state index contributed by atoms with van der Waals surface area (Å²) in [5.41, 5.74) is -4.74. The van der Waals surface area contributed by atoms with E-state index >= 15 is 0 Å². The Morgan fingerprint density at radius 2 is 1.83 bits per heavy atom. The molecule has 0 aromatic carbocycles. The van der Waals surface area contributed by atoms with E-state index in [-0.39, 0.29) is 30.3 Å². The van der Waals surface area contributed by atoms with Gasteiger partial charge in [0.2, 0.25) is 0 Å². The summed E-state index contributed by atoms with van der Waals surface area (Å²) in [4.78, 5) is 38.9. The number of allylic oxidation sites excluding steroid dienone is 1. The predicted molar refractivity (Wildman–Crippen MR) is 130 cm³/mol. The van der Waals surface area contributed by atoms with Crippen molar-refractivity contribution in [2.75, 3.05) is 6.61 Å². The van der Waals surface area contributed by atoms with Crippen LogP contribution in [0.5, 0.6) is 0 Å². The molecule has 36 heavy (non-hydrogen) atoms. The molecule has 4 aliphatic carbocycles. The van der Waals surface area contributed by atoms with Crippen molar-refractivity contribution in [3.8, 4) is 0 Å². The summed E-state index contributed by atoms with van der Waals surface area (Å²) in [6.45, 7) is 10.4. The van der Waals surface area contributed by atoms with E-state index in [2.05, 4.69) is 0 Å². The van der Waals surface area contributed by atoms with Crippen molar-refractivity contribution in [2.24, 2.45) is 28.6 Å². The second-order valence-corrected chi connectivity index (χ2v) is 11.9. The topological polar surface area (TPSA) is 130 Å². The Morgan fingerprint density at radius 3 is 2.44 bits per heavy atom. The largest absolute Gasteiger partial charge is 0.461 e. The number of esters is 2. The molecular weight excluding hydrogens is 464 g/mol. The highest BCUT2D eigenvalue weighted by Gasteiger charge is 2.83. The monoisotopic (exact) mass is 504 g/mol. The average Bonchev–Trinajstić information content (AvgIpc) is 3.20. The minimum absolute atomic E-state index is 0.178. The summed E-state index contributed by atoms with van der Waals surface area (Å²) < 4.78 is 11.4. The van der Waals surface area contributed by atoms with E-state index in [0.717, 1.165) is 12.8 Å². The van der Waals surface area contributed by atoms with Crippen LogP contribution >= 0.6 is 0 Å². The molecule has 0 heterocycles. The van der Waals surface area contributed by atoms with E-state index in [4.69, 9.17) is 9.47 Å². The number of fused-ring (bicyclic) bond motifs is 3. The van der Waals surface area contributed by atoms with Crippen molar-refractivity contribution in [2.45, 2.75) is 97.1 Å². The fourth-order valence-electron chi connectivity index (χ4n) is 7.73. The molecule has 8 atom stereocenters. The molecule has 0 aliphatic heterocycles. The molecular formula is C28H40O8. The normalized spacial score (nSPS) is 42.2. The standard InChI is InChI=1S/C28H40O8/c1-7-8-9-10-20(30)35-14-18-11-19-21-25(5,6)27(21,36-17(4)29)13-16(3)26(24(19)33)12-15(2)22(31)28(26,34)23(18)32/h11-12,16,19,21-23,31-32,34H,7-10,13-14H2,1-6H3/t16-,19+,21-,22+,23-,26+,27+,28-/m1/s1. The van der Waals surface area contributed by atoms with Gasteiger partial charge in [0, 0.05) is 30.6 Å². The third kappa shape index (κ3) is 3.40. The van der Waals surface area contributed by atoms with Crippen LogP contribution in [0.4, 0.5) is 0 Å². The lowest BCUT2D eigenvalue weighted by molar-refractivity contribution is -0.192. The number of aliphatic hydroxyl groups is 3. The van der Waals surface area contributed by atoms with Crippen LogP contribution in [0, 0.1) is 28.6 Å². The second kappa shape index (κ2) is 8.77. The molecule has 8 heteroatoms. The Bertz CT molecular complexity index is 1030. The van der Waals surface area contributed by atoms with Gasteiger partial charge in [-0.3, -0.25) is 14.4 Å². The van der Waals surface area contributed by atoms with Crippen LogP contribution < -0.4 is 0 Å². The Hall–Kier alpha value is -2.03. The van der Waals surface area contributed by atoms with Gasteiger partial charge in [-0.1, -0.05) is 52.7 Å². The molecule has 1 spiro atoms. The third-order valence-electron chi connectivity index (χ3n) is 9.58. The minimum Gasteiger partial charge on any atom is -0.461 e. The van der Waals surface area contributed by atoms with Crippen LogP contribution in [0.3, 0.4) is 0 Å². The first kappa shape index (κ1) is 27.0. The highest BCUT2D eigenvalue weighted by molar-refractivity contribution is 5.95. The van der Waals surface area contributed by atoms with Crippen molar-refractivity contribution < 1.29 is 39.2 Å². The number of hydrogen-bond donors (Lipinski definition) is 3. The molecule has 2 bridgehead atoms. The van der Waals surface area contributed by atoms with E-state index in [1.807, 2.05) is 20.8 Å². The molecule has 0 amide bonds. The lowest BCUT2D eigenvalue weighted by atomic mass is 9.59. The first-order valence-electron chi connectivity index (χ1n) is 13.1. The number of ketones is 1. The maximum absolute atomic E-state index is 14.4. The molecule has 4 rings (SSSR count). The second-order valence-electron chi connectivity index (χ2n) is 11.9. The average molecular weight is 505 g/mol. The van der Waals surface area contributed by atoms with Crippen molar-refractivity contribution in [3.63, 3.8) is 0 Å². The first-order valence-corrected chi connectivity index (χ1v) is 13.1. The number of carbonyl (C=O) groups excluding carboxylic acids is 3. The van der Waals surface area contributed by atoms with Crippen LogP contribution in [-0.4, -0.2) is 63.1 Å².